The van der Waals surface area contributed by atoms with E-state index in [2.05, 4.69) is 10.2 Å². The van der Waals surface area contributed by atoms with Gasteiger partial charge in [0.2, 0.25) is 0 Å². The second-order valence-corrected chi connectivity index (χ2v) is 5.89. The van der Waals surface area contributed by atoms with Crippen molar-refractivity contribution in [1.29, 1.82) is 0 Å². The third-order valence-corrected chi connectivity index (χ3v) is 3.74. The van der Waals surface area contributed by atoms with Gasteiger partial charge in [0.15, 0.2) is 5.75 Å². The van der Waals surface area contributed by atoms with Gasteiger partial charge in [0.25, 0.3) is 0 Å². The number of carbonyl (C=O) groups is 2. The molecule has 1 aliphatic heterocycles. The van der Waals surface area contributed by atoms with E-state index in [-0.39, 0.29) is 5.69 Å². The van der Waals surface area contributed by atoms with Gasteiger partial charge in [-0.25, -0.2) is 9.59 Å². The molecule has 0 aliphatic carbocycles. The molecule has 0 radical (unpaired) electrons. The second kappa shape index (κ2) is 12.6. The van der Waals surface area contributed by atoms with Crippen LogP contribution >= 0.6 is 0 Å². The van der Waals surface area contributed by atoms with Gasteiger partial charge in [0.1, 0.15) is 6.61 Å². The Labute approximate surface area is 162 Å². The predicted octanol–water partition coefficient (Wildman–Crippen LogP) is 0.359. The molecule has 1 heterocycles. The largest absolute Gasteiger partial charge is 0.485 e. The van der Waals surface area contributed by atoms with E-state index < -0.39 is 16.9 Å². The first kappa shape index (κ1) is 23.3. The lowest BCUT2D eigenvalue weighted by molar-refractivity contribution is -0.385. The fraction of sp³-hybridized carbons (Fsp3) is 0.529. The first-order valence-electron chi connectivity index (χ1n) is 8.66. The number of carboxylic acids is 2. The Morgan fingerprint density at radius 1 is 1.25 bits per heavy atom. The van der Waals surface area contributed by atoms with Gasteiger partial charge in [0.05, 0.1) is 18.1 Å². The molecule has 2 rings (SSSR count). The van der Waals surface area contributed by atoms with Crippen molar-refractivity contribution in [2.75, 3.05) is 52.5 Å². The minimum Gasteiger partial charge on any atom is -0.485 e. The molecule has 11 nitrogen and oxygen atoms in total. The summed E-state index contributed by atoms with van der Waals surface area (Å²) in [5.74, 6) is -3.31. The molecule has 0 bridgehead atoms. The van der Waals surface area contributed by atoms with Gasteiger partial charge in [-0.15, -0.1) is 0 Å². The summed E-state index contributed by atoms with van der Waals surface area (Å²) in [5.41, 5.74) is 0.958. The van der Waals surface area contributed by atoms with Crippen LogP contribution in [0, 0.1) is 17.0 Å². The van der Waals surface area contributed by atoms with E-state index in [9.17, 15) is 10.1 Å². The third kappa shape index (κ3) is 9.26. The number of morpholine rings is 1. The Hall–Kier alpha value is -2.76. The standard InChI is InChI=1S/C15H23N3O4.C2H2O4/c1-13-2-3-14(18(19)20)15(12-13)22-9-5-16-4-6-17-7-10-21-11-8-17;3-1(4)2(5)6/h2-3,12,16H,4-11H2,1H3;(H,3,4)(H,5,6). The molecule has 0 unspecified atom stereocenters. The van der Waals surface area contributed by atoms with Gasteiger partial charge in [-0.3, -0.25) is 15.0 Å². The van der Waals surface area contributed by atoms with E-state index in [0.29, 0.717) is 18.9 Å². The van der Waals surface area contributed by atoms with Crippen molar-refractivity contribution in [3.8, 4) is 5.75 Å². The summed E-state index contributed by atoms with van der Waals surface area (Å²) in [6.07, 6.45) is 0. The summed E-state index contributed by atoms with van der Waals surface area (Å²) in [6.45, 7) is 8.38. The van der Waals surface area contributed by atoms with Crippen molar-refractivity contribution in [3.63, 3.8) is 0 Å². The van der Waals surface area contributed by atoms with Gasteiger partial charge in [-0.2, -0.15) is 0 Å². The maximum absolute atomic E-state index is 10.9. The van der Waals surface area contributed by atoms with Crippen LogP contribution in [0.15, 0.2) is 18.2 Å². The smallest absolute Gasteiger partial charge is 0.414 e. The van der Waals surface area contributed by atoms with Crippen LogP contribution in [0.2, 0.25) is 0 Å². The van der Waals surface area contributed by atoms with E-state index in [1.54, 1.807) is 12.1 Å². The number of nitro benzene ring substituents is 1. The highest BCUT2D eigenvalue weighted by atomic mass is 16.6. The number of benzene rings is 1. The summed E-state index contributed by atoms with van der Waals surface area (Å²) in [5, 5.41) is 29.0. The molecule has 1 aliphatic rings. The molecule has 1 aromatic carbocycles. The van der Waals surface area contributed by atoms with E-state index >= 15 is 0 Å². The molecule has 156 valence electrons. The monoisotopic (exact) mass is 399 g/mol. The van der Waals surface area contributed by atoms with Crippen LogP contribution in [0.25, 0.3) is 0 Å². The molecule has 1 fully saturated rings. The van der Waals surface area contributed by atoms with Crippen LogP contribution in [0.1, 0.15) is 5.56 Å². The average molecular weight is 399 g/mol. The quantitative estimate of drug-likeness (QED) is 0.242. The molecule has 0 saturated carbocycles. The van der Waals surface area contributed by atoms with Crippen LogP contribution in [0.4, 0.5) is 5.69 Å². The van der Waals surface area contributed by atoms with Crippen LogP contribution < -0.4 is 10.1 Å². The maximum Gasteiger partial charge on any atom is 0.414 e. The molecule has 1 aromatic rings. The minimum absolute atomic E-state index is 0.0129. The summed E-state index contributed by atoms with van der Waals surface area (Å²) in [7, 11) is 0. The molecule has 0 atom stereocenters. The van der Waals surface area contributed by atoms with Crippen molar-refractivity contribution in [2.24, 2.45) is 0 Å². The van der Waals surface area contributed by atoms with E-state index in [1.807, 2.05) is 6.92 Å². The number of carboxylic acid groups (broad SMARTS) is 2. The lowest BCUT2D eigenvalue weighted by atomic mass is 10.2. The highest BCUT2D eigenvalue weighted by Crippen LogP contribution is 2.27. The van der Waals surface area contributed by atoms with Crippen molar-refractivity contribution < 1.29 is 34.2 Å². The third-order valence-electron chi connectivity index (χ3n) is 3.74. The highest BCUT2D eigenvalue weighted by molar-refractivity contribution is 6.27. The van der Waals surface area contributed by atoms with Gasteiger partial charge in [-0.05, 0) is 18.6 Å². The number of aliphatic carboxylic acids is 2. The fourth-order valence-corrected chi connectivity index (χ4v) is 2.31. The van der Waals surface area contributed by atoms with E-state index in [0.717, 1.165) is 45.0 Å². The Kier molecular flexibility index (Phi) is 10.5. The van der Waals surface area contributed by atoms with Crippen molar-refractivity contribution >= 4 is 17.6 Å². The van der Waals surface area contributed by atoms with E-state index in [4.69, 9.17) is 29.3 Å². The molecule has 11 heteroatoms. The summed E-state index contributed by atoms with van der Waals surface area (Å²) < 4.78 is 10.8. The fourth-order valence-electron chi connectivity index (χ4n) is 2.31. The first-order chi connectivity index (χ1) is 13.3. The molecule has 0 aromatic heterocycles. The number of hydrogen-bond donors (Lipinski definition) is 3. The van der Waals surface area contributed by atoms with Crippen LogP contribution in [0.5, 0.6) is 5.75 Å². The van der Waals surface area contributed by atoms with Crippen molar-refractivity contribution in [2.45, 2.75) is 6.92 Å². The normalized spacial score (nSPS) is 13.9. The number of rotatable bonds is 8. The first-order valence-corrected chi connectivity index (χ1v) is 8.66. The number of nitrogens with zero attached hydrogens (tertiary/aromatic N) is 2. The summed E-state index contributed by atoms with van der Waals surface area (Å²) in [6, 6.07) is 4.90. The number of nitro groups is 1. The topological polar surface area (TPSA) is 151 Å². The lowest BCUT2D eigenvalue weighted by Crippen LogP contribution is -2.40. The Morgan fingerprint density at radius 2 is 1.89 bits per heavy atom. The second-order valence-electron chi connectivity index (χ2n) is 5.89. The average Bonchev–Trinajstić information content (AvgIpc) is 2.65. The molecule has 0 amide bonds. The maximum atomic E-state index is 10.9. The Morgan fingerprint density at radius 3 is 2.46 bits per heavy atom. The zero-order valence-corrected chi connectivity index (χ0v) is 15.6. The Balaban J connectivity index is 0.000000568. The van der Waals surface area contributed by atoms with Crippen LogP contribution in [-0.4, -0.2) is 84.5 Å². The van der Waals surface area contributed by atoms with E-state index in [1.165, 1.54) is 6.07 Å². The SMILES string of the molecule is Cc1ccc([N+](=O)[O-])c(OCCNCCN2CCOCC2)c1.O=C(O)C(=O)O. The van der Waals surface area contributed by atoms with Gasteiger partial charge in [-0.1, -0.05) is 6.07 Å². The predicted molar refractivity (Wildman–Crippen MR) is 98.7 cm³/mol. The summed E-state index contributed by atoms with van der Waals surface area (Å²) in [4.78, 5) is 31.1. The molecule has 0 spiro atoms. The number of nitrogens with one attached hydrogen (secondary N) is 1. The van der Waals surface area contributed by atoms with Crippen LogP contribution in [-0.2, 0) is 14.3 Å². The Bertz CT molecular complexity index is 650. The number of hydrogen-bond acceptors (Lipinski definition) is 8. The summed E-state index contributed by atoms with van der Waals surface area (Å²) >= 11 is 0. The number of aryl methyl sites for hydroxylation is 1. The van der Waals surface area contributed by atoms with Crippen molar-refractivity contribution in [1.82, 2.24) is 10.2 Å². The molecule has 28 heavy (non-hydrogen) atoms. The highest BCUT2D eigenvalue weighted by Gasteiger charge is 2.14. The number of ether oxygens (including phenoxy) is 2. The van der Waals surface area contributed by atoms with Gasteiger partial charge < -0.3 is 25.0 Å². The molecular formula is C17H25N3O8. The zero-order chi connectivity index (χ0) is 20.9. The van der Waals surface area contributed by atoms with Gasteiger partial charge >= 0.3 is 17.6 Å². The molecule has 1 saturated heterocycles. The zero-order valence-electron chi connectivity index (χ0n) is 15.6. The van der Waals surface area contributed by atoms with Gasteiger partial charge in [0, 0.05) is 38.8 Å². The lowest BCUT2D eigenvalue weighted by Gasteiger charge is -2.26. The molecular weight excluding hydrogens is 374 g/mol. The minimum atomic E-state index is -1.82. The van der Waals surface area contributed by atoms with Crippen molar-refractivity contribution in [3.05, 3.63) is 33.9 Å². The molecule has 3 N–H and O–H groups in total. The van der Waals surface area contributed by atoms with Crippen LogP contribution in [0.3, 0.4) is 0 Å².